The van der Waals surface area contributed by atoms with Gasteiger partial charge in [0.05, 0.1) is 11.7 Å². The fourth-order valence-electron chi connectivity index (χ4n) is 4.87. The van der Waals surface area contributed by atoms with Gasteiger partial charge in [0, 0.05) is 23.7 Å². The van der Waals surface area contributed by atoms with Crippen molar-refractivity contribution in [3.8, 4) is 11.3 Å². The number of amides is 1. The van der Waals surface area contributed by atoms with Crippen LogP contribution >= 0.6 is 0 Å². The number of rotatable bonds is 7. The number of imidazole rings is 1. The second-order valence-corrected chi connectivity index (χ2v) is 11.2. The summed E-state index contributed by atoms with van der Waals surface area (Å²) in [4.78, 5) is 17.4. The number of carbonyl (C=O) groups excluding carboxylic acids is 1. The SMILES string of the molecule is C[C@@H](NC(=O)[C@H]1CC[C@H](NS(=O)(=O)c2cccc3nc(-c4ccccc4)cn23)CC1)c1ccc(F)cc1. The van der Waals surface area contributed by atoms with Gasteiger partial charge in [-0.2, -0.15) is 0 Å². The molecule has 2 heterocycles. The van der Waals surface area contributed by atoms with Crippen LogP contribution in [0.1, 0.15) is 44.2 Å². The number of nitrogens with one attached hydrogen (secondary N) is 2. The van der Waals surface area contributed by atoms with Gasteiger partial charge < -0.3 is 5.32 Å². The molecule has 2 N–H and O–H groups in total. The summed E-state index contributed by atoms with van der Waals surface area (Å²) < 4.78 is 44.3. The van der Waals surface area contributed by atoms with E-state index in [1.54, 1.807) is 40.9 Å². The molecule has 0 saturated heterocycles. The van der Waals surface area contributed by atoms with Crippen LogP contribution < -0.4 is 10.0 Å². The van der Waals surface area contributed by atoms with Crippen LogP contribution in [-0.2, 0) is 14.8 Å². The van der Waals surface area contributed by atoms with E-state index in [1.807, 2.05) is 37.3 Å². The number of hydrogen-bond donors (Lipinski definition) is 2. The molecule has 0 spiro atoms. The van der Waals surface area contributed by atoms with E-state index in [4.69, 9.17) is 0 Å². The highest BCUT2D eigenvalue weighted by Crippen LogP contribution is 2.27. The minimum atomic E-state index is -3.81. The second-order valence-electron chi connectivity index (χ2n) is 9.54. The summed E-state index contributed by atoms with van der Waals surface area (Å²) in [6.07, 6.45) is 4.04. The Bertz CT molecular complexity index is 1500. The summed E-state index contributed by atoms with van der Waals surface area (Å²) in [7, 11) is -3.81. The van der Waals surface area contributed by atoms with Crippen LogP contribution in [-0.4, -0.2) is 29.8 Å². The largest absolute Gasteiger partial charge is 0.349 e. The standard InChI is InChI=1S/C28H29FN4O3S/c1-19(20-10-14-23(29)15-11-20)30-28(34)22-12-16-24(17-13-22)32-37(35,36)27-9-5-8-26-31-25(18-33(26)27)21-6-3-2-4-7-21/h2-11,14-15,18-19,22,24,32H,12-13,16-17H2,1H3,(H,30,34)/t19-,22-,24-/m1/s1. The molecule has 37 heavy (non-hydrogen) atoms. The number of fused-ring (bicyclic) bond motifs is 1. The number of pyridine rings is 1. The van der Waals surface area contributed by atoms with E-state index < -0.39 is 10.0 Å². The first-order chi connectivity index (χ1) is 17.8. The molecule has 0 radical (unpaired) electrons. The molecule has 1 amide bonds. The number of benzene rings is 2. The van der Waals surface area contributed by atoms with Crippen molar-refractivity contribution in [1.82, 2.24) is 19.4 Å². The third-order valence-electron chi connectivity index (χ3n) is 6.95. The Labute approximate surface area is 215 Å². The Hall–Kier alpha value is -3.56. The third-order valence-corrected chi connectivity index (χ3v) is 8.48. The van der Waals surface area contributed by atoms with Crippen molar-refractivity contribution in [3.05, 3.63) is 90.4 Å². The molecule has 5 rings (SSSR count). The zero-order valence-corrected chi connectivity index (χ0v) is 21.3. The van der Waals surface area contributed by atoms with Gasteiger partial charge in [-0.3, -0.25) is 9.20 Å². The molecule has 0 bridgehead atoms. The number of carbonyl (C=O) groups is 1. The first-order valence-electron chi connectivity index (χ1n) is 12.4. The number of nitrogens with zero attached hydrogens (tertiary/aromatic N) is 2. The summed E-state index contributed by atoms with van der Waals surface area (Å²) in [5.74, 6) is -0.562. The monoisotopic (exact) mass is 520 g/mol. The van der Waals surface area contributed by atoms with E-state index in [9.17, 15) is 17.6 Å². The summed E-state index contributed by atoms with van der Waals surface area (Å²) in [5, 5.41) is 3.13. The molecule has 0 aliphatic heterocycles. The smallest absolute Gasteiger partial charge is 0.256 e. The molecule has 1 aliphatic rings. The lowest BCUT2D eigenvalue weighted by atomic mass is 9.85. The van der Waals surface area contributed by atoms with E-state index in [0.717, 1.165) is 11.1 Å². The van der Waals surface area contributed by atoms with Gasteiger partial charge in [0.1, 0.15) is 11.5 Å². The fraction of sp³-hybridized carbons (Fsp3) is 0.286. The van der Waals surface area contributed by atoms with Crippen molar-refractivity contribution in [2.24, 2.45) is 5.92 Å². The maximum absolute atomic E-state index is 13.3. The van der Waals surface area contributed by atoms with Gasteiger partial charge >= 0.3 is 0 Å². The third kappa shape index (κ3) is 5.57. The highest BCUT2D eigenvalue weighted by atomic mass is 32.2. The van der Waals surface area contributed by atoms with Crippen molar-refractivity contribution in [2.75, 3.05) is 0 Å². The lowest BCUT2D eigenvalue weighted by Crippen LogP contribution is -2.41. The predicted molar refractivity (Wildman–Crippen MR) is 140 cm³/mol. The molecule has 1 fully saturated rings. The average Bonchev–Trinajstić information content (AvgIpc) is 3.34. The quantitative estimate of drug-likeness (QED) is 0.364. The number of aromatic nitrogens is 2. The molecular formula is C28H29FN4O3S. The number of halogens is 1. The van der Waals surface area contributed by atoms with Crippen molar-refractivity contribution < 1.29 is 17.6 Å². The summed E-state index contributed by atoms with van der Waals surface area (Å²) in [6, 6.07) is 20.2. The fourth-order valence-corrected chi connectivity index (χ4v) is 6.33. The average molecular weight is 521 g/mol. The lowest BCUT2D eigenvalue weighted by molar-refractivity contribution is -0.126. The van der Waals surface area contributed by atoms with E-state index in [2.05, 4.69) is 15.0 Å². The van der Waals surface area contributed by atoms with Crippen LogP contribution in [0.3, 0.4) is 0 Å². The maximum Gasteiger partial charge on any atom is 0.256 e. The molecule has 1 aliphatic carbocycles. The molecule has 7 nitrogen and oxygen atoms in total. The van der Waals surface area contributed by atoms with E-state index in [1.165, 1.54) is 12.1 Å². The molecule has 192 valence electrons. The normalized spacial score (nSPS) is 19.0. The van der Waals surface area contributed by atoms with Crippen LogP contribution in [0.15, 0.2) is 84.0 Å². The molecule has 2 aromatic carbocycles. The Kier molecular flexibility index (Phi) is 7.08. The molecular weight excluding hydrogens is 491 g/mol. The zero-order chi connectivity index (χ0) is 26.0. The first-order valence-corrected chi connectivity index (χ1v) is 13.9. The van der Waals surface area contributed by atoms with Crippen molar-refractivity contribution in [3.63, 3.8) is 0 Å². The Balaban J connectivity index is 1.22. The molecule has 4 aromatic rings. The number of sulfonamides is 1. The van der Waals surface area contributed by atoms with Crippen molar-refractivity contribution in [1.29, 1.82) is 0 Å². The van der Waals surface area contributed by atoms with E-state index in [0.29, 0.717) is 37.0 Å². The molecule has 2 aromatic heterocycles. The highest BCUT2D eigenvalue weighted by molar-refractivity contribution is 7.89. The van der Waals surface area contributed by atoms with Gasteiger partial charge in [0.15, 0.2) is 5.03 Å². The van der Waals surface area contributed by atoms with Gasteiger partial charge in [0.2, 0.25) is 5.91 Å². The molecule has 1 atom stereocenters. The van der Waals surface area contributed by atoms with Crippen LogP contribution in [0.4, 0.5) is 4.39 Å². The highest BCUT2D eigenvalue weighted by Gasteiger charge is 2.30. The predicted octanol–water partition coefficient (Wildman–Crippen LogP) is 4.85. The first kappa shape index (κ1) is 25.1. The zero-order valence-electron chi connectivity index (χ0n) is 20.5. The van der Waals surface area contributed by atoms with Crippen LogP contribution in [0.2, 0.25) is 0 Å². The van der Waals surface area contributed by atoms with Gasteiger partial charge in [-0.1, -0.05) is 48.5 Å². The lowest BCUT2D eigenvalue weighted by Gasteiger charge is -2.29. The van der Waals surface area contributed by atoms with Gasteiger partial charge in [-0.25, -0.2) is 22.5 Å². The summed E-state index contributed by atoms with van der Waals surface area (Å²) >= 11 is 0. The van der Waals surface area contributed by atoms with E-state index in [-0.39, 0.29) is 34.8 Å². The van der Waals surface area contributed by atoms with Crippen LogP contribution in [0, 0.1) is 11.7 Å². The topological polar surface area (TPSA) is 92.6 Å². The van der Waals surface area contributed by atoms with Gasteiger partial charge in [-0.05, 0) is 62.4 Å². The van der Waals surface area contributed by atoms with E-state index >= 15 is 0 Å². The molecule has 9 heteroatoms. The Morgan fingerprint density at radius 1 is 0.973 bits per heavy atom. The van der Waals surface area contributed by atoms with Crippen molar-refractivity contribution >= 4 is 21.6 Å². The second kappa shape index (κ2) is 10.4. The number of hydrogen-bond acceptors (Lipinski definition) is 4. The maximum atomic E-state index is 13.3. The minimum Gasteiger partial charge on any atom is -0.349 e. The van der Waals surface area contributed by atoms with Gasteiger partial charge in [0.25, 0.3) is 10.0 Å². The molecule has 0 unspecified atom stereocenters. The van der Waals surface area contributed by atoms with Crippen LogP contribution in [0.5, 0.6) is 0 Å². The molecule has 1 saturated carbocycles. The van der Waals surface area contributed by atoms with Gasteiger partial charge in [-0.15, -0.1) is 0 Å². The summed E-state index contributed by atoms with van der Waals surface area (Å²) in [6.45, 7) is 1.87. The summed E-state index contributed by atoms with van der Waals surface area (Å²) in [5.41, 5.74) is 3.00. The Morgan fingerprint density at radius 2 is 1.68 bits per heavy atom. The Morgan fingerprint density at radius 3 is 2.38 bits per heavy atom. The van der Waals surface area contributed by atoms with Crippen molar-refractivity contribution in [2.45, 2.75) is 49.7 Å². The van der Waals surface area contributed by atoms with Crippen LogP contribution in [0.25, 0.3) is 16.9 Å². The minimum absolute atomic E-state index is 0.0604.